The molecular formula is C44H26N4OS. The number of aromatic nitrogens is 2. The molecule has 1 aliphatic carbocycles. The number of nitrogens with zero attached hydrogens (tertiary/aromatic N) is 3. The molecule has 12 rings (SSSR count). The lowest BCUT2D eigenvalue weighted by Gasteiger charge is -2.34. The first-order valence-electron chi connectivity index (χ1n) is 16.9. The third-order valence-corrected chi connectivity index (χ3v) is 11.7. The van der Waals surface area contributed by atoms with Crippen molar-refractivity contribution in [1.29, 1.82) is 0 Å². The first-order chi connectivity index (χ1) is 24.8. The molecule has 6 aromatic carbocycles. The van der Waals surface area contributed by atoms with Gasteiger partial charge >= 0.3 is 0 Å². The van der Waals surface area contributed by atoms with E-state index < -0.39 is 0 Å². The second kappa shape index (κ2) is 9.68. The van der Waals surface area contributed by atoms with Gasteiger partial charge in [-0.05, 0) is 48.5 Å². The molecule has 5 nitrogen and oxygen atoms in total. The van der Waals surface area contributed by atoms with Crippen LogP contribution < -0.4 is 5.32 Å². The van der Waals surface area contributed by atoms with Crippen LogP contribution in [0.3, 0.4) is 0 Å². The maximum absolute atomic E-state index is 6.45. The monoisotopic (exact) mass is 658 g/mol. The Morgan fingerprint density at radius 1 is 0.620 bits per heavy atom. The maximum Gasteiger partial charge on any atom is 0.209 e. The lowest BCUT2D eigenvalue weighted by Crippen LogP contribution is -2.43. The quantitative estimate of drug-likeness (QED) is 0.191. The molecule has 6 heteroatoms. The zero-order chi connectivity index (χ0) is 32.5. The number of benzene rings is 6. The fourth-order valence-corrected chi connectivity index (χ4v) is 9.63. The molecule has 0 bridgehead atoms. The molecule has 0 fully saturated rings. The summed E-state index contributed by atoms with van der Waals surface area (Å²) in [5.41, 5.74) is 10.9. The molecule has 1 N–H and O–H groups in total. The van der Waals surface area contributed by atoms with E-state index in [-0.39, 0.29) is 6.04 Å². The van der Waals surface area contributed by atoms with Crippen molar-refractivity contribution in [3.8, 4) is 5.69 Å². The van der Waals surface area contributed by atoms with Crippen molar-refractivity contribution < 1.29 is 4.42 Å². The average Bonchev–Trinajstić information content (AvgIpc) is 3.83. The fourth-order valence-electron chi connectivity index (χ4n) is 8.49. The largest absolute Gasteiger partial charge is 0.456 e. The number of hydrogen-bond donors (Lipinski definition) is 1. The Bertz CT molecular complexity index is 3100. The third kappa shape index (κ3) is 3.40. The Hall–Kier alpha value is -6.24. The first-order valence-corrected chi connectivity index (χ1v) is 17.8. The van der Waals surface area contributed by atoms with Crippen LogP contribution in [-0.4, -0.2) is 21.1 Å². The molecule has 1 unspecified atom stereocenters. The average molecular weight is 659 g/mol. The van der Waals surface area contributed by atoms with Crippen LogP contribution in [0.2, 0.25) is 0 Å². The highest BCUT2D eigenvalue weighted by molar-refractivity contribution is 8.03. The topological polar surface area (TPSA) is 47.4 Å². The Morgan fingerprint density at radius 3 is 2.26 bits per heavy atom. The molecule has 0 amide bonds. The van der Waals surface area contributed by atoms with Crippen LogP contribution in [0.15, 0.2) is 170 Å². The van der Waals surface area contributed by atoms with Crippen molar-refractivity contribution in [3.63, 3.8) is 0 Å². The van der Waals surface area contributed by atoms with Crippen LogP contribution in [0.1, 0.15) is 5.56 Å². The van der Waals surface area contributed by atoms with Crippen LogP contribution in [0.25, 0.3) is 76.9 Å². The van der Waals surface area contributed by atoms with Crippen molar-refractivity contribution >= 4 is 89.0 Å². The zero-order valence-corrected chi connectivity index (χ0v) is 27.4. The molecule has 234 valence electrons. The highest BCUT2D eigenvalue weighted by Crippen LogP contribution is 2.49. The van der Waals surface area contributed by atoms with E-state index >= 15 is 0 Å². The molecular weight excluding hydrogens is 633 g/mol. The normalized spacial score (nSPS) is 16.8. The summed E-state index contributed by atoms with van der Waals surface area (Å²) in [5.74, 6) is 0.823. The number of rotatable bonds is 1. The van der Waals surface area contributed by atoms with E-state index in [1.807, 2.05) is 17.8 Å². The molecule has 0 radical (unpaired) electrons. The van der Waals surface area contributed by atoms with Gasteiger partial charge in [0.15, 0.2) is 0 Å². The van der Waals surface area contributed by atoms with Gasteiger partial charge in [-0.1, -0.05) is 109 Å². The van der Waals surface area contributed by atoms with Crippen molar-refractivity contribution in [3.05, 3.63) is 162 Å². The number of thioether (sulfide) groups is 1. The van der Waals surface area contributed by atoms with E-state index in [4.69, 9.17) is 9.41 Å². The smallest absolute Gasteiger partial charge is 0.209 e. The van der Waals surface area contributed by atoms with Gasteiger partial charge in [-0.3, -0.25) is 4.57 Å². The summed E-state index contributed by atoms with van der Waals surface area (Å²) in [6, 6.07) is 45.4. The molecule has 5 heterocycles. The summed E-state index contributed by atoms with van der Waals surface area (Å²) < 4.78 is 11.3. The summed E-state index contributed by atoms with van der Waals surface area (Å²) in [7, 11) is 0. The number of aliphatic imine (C=N–C) groups is 1. The molecule has 0 saturated heterocycles. The molecule has 2 aliphatic heterocycles. The van der Waals surface area contributed by atoms with E-state index in [0.29, 0.717) is 0 Å². The SMILES string of the molecule is C1=CC2NC(n3c4ccccc4c4ccc5c6ccc7oc8ccccc8c7c6n(-c6ccccc6)c5c43)=NC3=C2C(=C1)Sc1ccccc13. The zero-order valence-electron chi connectivity index (χ0n) is 26.6. The van der Waals surface area contributed by atoms with Crippen molar-refractivity contribution in [1.82, 2.24) is 14.5 Å². The predicted molar refractivity (Wildman–Crippen MR) is 207 cm³/mol. The van der Waals surface area contributed by atoms with Gasteiger partial charge in [-0.2, -0.15) is 0 Å². The number of nitrogens with one attached hydrogen (secondary N) is 1. The number of hydrogen-bond acceptors (Lipinski definition) is 4. The molecule has 0 spiro atoms. The minimum atomic E-state index is 0.00525. The van der Waals surface area contributed by atoms with E-state index in [9.17, 15) is 0 Å². The van der Waals surface area contributed by atoms with Gasteiger partial charge in [0, 0.05) is 53.6 Å². The molecule has 50 heavy (non-hydrogen) atoms. The van der Waals surface area contributed by atoms with Crippen LogP contribution >= 0.6 is 11.8 Å². The predicted octanol–water partition coefficient (Wildman–Crippen LogP) is 10.9. The van der Waals surface area contributed by atoms with Gasteiger partial charge in [0.25, 0.3) is 0 Å². The molecule has 1 atom stereocenters. The first kappa shape index (κ1) is 26.7. The Labute approximate surface area is 290 Å². The van der Waals surface area contributed by atoms with E-state index in [1.54, 1.807) is 0 Å². The van der Waals surface area contributed by atoms with Crippen LogP contribution in [0, 0.1) is 0 Å². The summed E-state index contributed by atoms with van der Waals surface area (Å²) in [6.07, 6.45) is 6.65. The molecule has 3 aromatic heterocycles. The summed E-state index contributed by atoms with van der Waals surface area (Å²) in [5, 5.41) is 10.9. The van der Waals surface area contributed by atoms with Gasteiger partial charge in [-0.15, -0.1) is 0 Å². The summed E-state index contributed by atoms with van der Waals surface area (Å²) in [4.78, 5) is 8.05. The minimum Gasteiger partial charge on any atom is -0.456 e. The van der Waals surface area contributed by atoms with Crippen LogP contribution in [-0.2, 0) is 0 Å². The van der Waals surface area contributed by atoms with Gasteiger partial charge in [-0.25, -0.2) is 4.99 Å². The Kier molecular flexibility index (Phi) is 5.17. The van der Waals surface area contributed by atoms with Gasteiger partial charge in [0.1, 0.15) is 11.2 Å². The van der Waals surface area contributed by atoms with Gasteiger partial charge in [0.2, 0.25) is 5.96 Å². The van der Waals surface area contributed by atoms with Gasteiger partial charge in [0.05, 0.1) is 39.2 Å². The highest BCUT2D eigenvalue weighted by atomic mass is 32.2. The maximum atomic E-state index is 6.45. The second-order valence-corrected chi connectivity index (χ2v) is 14.2. The highest BCUT2D eigenvalue weighted by Gasteiger charge is 2.34. The number of para-hydroxylation sites is 3. The molecule has 3 aliphatic rings. The lowest BCUT2D eigenvalue weighted by molar-refractivity contribution is 0.669. The van der Waals surface area contributed by atoms with Crippen molar-refractivity contribution in [2.24, 2.45) is 4.99 Å². The Balaban J connectivity index is 1.28. The van der Waals surface area contributed by atoms with Crippen molar-refractivity contribution in [2.75, 3.05) is 0 Å². The molecule has 0 saturated carbocycles. The lowest BCUT2D eigenvalue weighted by atomic mass is 9.94. The number of furan rings is 1. The van der Waals surface area contributed by atoms with Crippen LogP contribution in [0.4, 0.5) is 0 Å². The second-order valence-electron chi connectivity index (χ2n) is 13.1. The number of fused-ring (bicyclic) bond motifs is 13. The fraction of sp³-hybridized carbons (Fsp3) is 0.0227. The van der Waals surface area contributed by atoms with E-state index in [2.05, 4.69) is 154 Å². The number of allylic oxidation sites excluding steroid dienone is 2. The summed E-state index contributed by atoms with van der Waals surface area (Å²) >= 11 is 1.83. The van der Waals surface area contributed by atoms with Gasteiger partial charge < -0.3 is 14.3 Å². The van der Waals surface area contributed by atoms with E-state index in [0.717, 1.165) is 61.3 Å². The summed E-state index contributed by atoms with van der Waals surface area (Å²) in [6.45, 7) is 0. The molecule has 9 aromatic rings. The standard InChI is InChI=1S/C44H26N4OS/c1-2-11-25(12-3-1)47-41-28(23-24-35-38(41)30-14-5-8-18-34(30)49-35)29-22-21-27-26-13-4-7-17-33(26)48(43(27)42(29)47)44-45-32-16-10-20-37-39(32)40(46-44)31-15-6-9-19-36(31)50-37/h1-24,32H,(H,45,46). The Morgan fingerprint density at radius 2 is 1.34 bits per heavy atom. The van der Waals surface area contributed by atoms with Crippen molar-refractivity contribution in [2.45, 2.75) is 10.9 Å². The minimum absolute atomic E-state index is 0.00525. The van der Waals surface area contributed by atoms with E-state index in [1.165, 1.54) is 42.5 Å². The van der Waals surface area contributed by atoms with Crippen LogP contribution in [0.5, 0.6) is 0 Å². The third-order valence-electron chi connectivity index (χ3n) is 10.5.